The smallest absolute Gasteiger partial charge is 0.221 e. The number of aromatic nitrogens is 2. The van der Waals surface area contributed by atoms with Crippen LogP contribution < -0.4 is 14.8 Å². The first-order valence-electron chi connectivity index (χ1n) is 8.84. The number of carbonyl (C=O) groups is 1. The van der Waals surface area contributed by atoms with Crippen molar-refractivity contribution in [3.8, 4) is 11.5 Å². The van der Waals surface area contributed by atoms with E-state index in [1.807, 2.05) is 18.2 Å². The number of aryl methyl sites for hydroxylation is 2. The van der Waals surface area contributed by atoms with Crippen LogP contribution >= 0.6 is 23.1 Å². The molecule has 8 heteroatoms. The van der Waals surface area contributed by atoms with Gasteiger partial charge in [0.2, 0.25) is 5.91 Å². The fraction of sp³-hybridized carbons (Fsp3) is 0.350. The van der Waals surface area contributed by atoms with Gasteiger partial charge in [-0.05, 0) is 37.1 Å². The van der Waals surface area contributed by atoms with E-state index in [2.05, 4.69) is 29.1 Å². The highest BCUT2D eigenvalue weighted by atomic mass is 32.2. The molecule has 2 aromatic heterocycles. The molecule has 0 atom stereocenters. The van der Waals surface area contributed by atoms with Crippen LogP contribution in [0.2, 0.25) is 0 Å². The largest absolute Gasteiger partial charge is 0.493 e. The Hall–Kier alpha value is -2.32. The number of benzene rings is 1. The molecule has 0 aliphatic carbocycles. The van der Waals surface area contributed by atoms with E-state index in [1.165, 1.54) is 10.4 Å². The number of ether oxygens (including phenoxy) is 2. The molecular weight excluding hydrogens is 394 g/mol. The molecule has 3 rings (SSSR count). The molecule has 0 saturated carbocycles. The number of amides is 1. The maximum atomic E-state index is 12.2. The van der Waals surface area contributed by atoms with Crippen molar-refractivity contribution < 1.29 is 14.3 Å². The Bertz CT molecular complexity index is 988. The zero-order valence-electron chi connectivity index (χ0n) is 16.4. The second-order valence-corrected chi connectivity index (χ2v) is 8.49. The third kappa shape index (κ3) is 4.56. The van der Waals surface area contributed by atoms with Gasteiger partial charge in [0.1, 0.15) is 16.2 Å². The Morgan fingerprint density at radius 3 is 2.71 bits per heavy atom. The Morgan fingerprint density at radius 2 is 1.96 bits per heavy atom. The quantitative estimate of drug-likeness (QED) is 0.439. The highest BCUT2D eigenvalue weighted by Gasteiger charge is 2.13. The van der Waals surface area contributed by atoms with Crippen LogP contribution in [0.15, 0.2) is 29.6 Å². The Balaban J connectivity index is 1.53. The first-order valence-corrected chi connectivity index (χ1v) is 10.6. The second kappa shape index (κ2) is 9.25. The van der Waals surface area contributed by atoms with E-state index in [4.69, 9.17) is 9.47 Å². The number of hydrogen-bond donors (Lipinski definition) is 1. The predicted octanol–water partition coefficient (Wildman–Crippen LogP) is 4.12. The number of rotatable bonds is 8. The molecule has 0 saturated heterocycles. The van der Waals surface area contributed by atoms with Gasteiger partial charge in [-0.3, -0.25) is 4.79 Å². The van der Waals surface area contributed by atoms with E-state index in [9.17, 15) is 4.79 Å². The fourth-order valence-corrected chi connectivity index (χ4v) is 4.84. The highest BCUT2D eigenvalue weighted by molar-refractivity contribution is 7.99. The van der Waals surface area contributed by atoms with Crippen molar-refractivity contribution >= 4 is 39.2 Å². The third-order valence-electron chi connectivity index (χ3n) is 4.44. The van der Waals surface area contributed by atoms with Gasteiger partial charge >= 0.3 is 0 Å². The SMILES string of the molecule is COc1ccc(CNC(=O)CCSc2ncnc3sc(C)c(C)c23)cc1OC. The van der Waals surface area contributed by atoms with Crippen molar-refractivity contribution in [2.24, 2.45) is 0 Å². The third-order valence-corrected chi connectivity index (χ3v) is 6.54. The summed E-state index contributed by atoms with van der Waals surface area (Å²) in [6, 6.07) is 5.62. The molecule has 0 aliphatic heterocycles. The number of carbonyl (C=O) groups excluding carboxylic acids is 1. The average Bonchev–Trinajstić information content (AvgIpc) is 3.00. The molecule has 0 unspecified atom stereocenters. The number of thioether (sulfide) groups is 1. The molecule has 1 aromatic carbocycles. The standard InChI is InChI=1S/C20H23N3O3S2/c1-12-13(2)28-20-18(12)19(22-11-23-20)27-8-7-17(24)21-10-14-5-6-15(25-3)16(9-14)26-4/h5-6,9,11H,7-8,10H2,1-4H3,(H,21,24). The van der Waals surface area contributed by atoms with Crippen LogP contribution in [0.1, 0.15) is 22.4 Å². The van der Waals surface area contributed by atoms with Crippen molar-refractivity contribution in [2.45, 2.75) is 31.8 Å². The molecule has 6 nitrogen and oxygen atoms in total. The lowest BCUT2D eigenvalue weighted by molar-refractivity contribution is -0.120. The van der Waals surface area contributed by atoms with E-state index in [1.54, 1.807) is 43.6 Å². The minimum atomic E-state index is 0.00538. The molecule has 0 aliphatic rings. The van der Waals surface area contributed by atoms with Crippen LogP contribution in [0, 0.1) is 13.8 Å². The van der Waals surface area contributed by atoms with Gasteiger partial charge in [-0.2, -0.15) is 0 Å². The number of nitrogens with zero attached hydrogens (tertiary/aromatic N) is 2. The van der Waals surface area contributed by atoms with Crippen molar-refractivity contribution in [3.63, 3.8) is 0 Å². The summed E-state index contributed by atoms with van der Waals surface area (Å²) < 4.78 is 10.5. The maximum Gasteiger partial charge on any atom is 0.221 e. The Kier molecular flexibility index (Phi) is 6.74. The Labute approximate surface area is 172 Å². The van der Waals surface area contributed by atoms with Crippen LogP contribution in [0.25, 0.3) is 10.2 Å². The summed E-state index contributed by atoms with van der Waals surface area (Å²) in [4.78, 5) is 23.2. The summed E-state index contributed by atoms with van der Waals surface area (Å²) in [7, 11) is 3.19. The summed E-state index contributed by atoms with van der Waals surface area (Å²) in [6.07, 6.45) is 2.02. The molecule has 0 radical (unpaired) electrons. The summed E-state index contributed by atoms with van der Waals surface area (Å²) >= 11 is 3.28. The van der Waals surface area contributed by atoms with Gasteiger partial charge in [0.05, 0.1) is 14.2 Å². The van der Waals surface area contributed by atoms with Crippen molar-refractivity contribution in [1.82, 2.24) is 15.3 Å². The average molecular weight is 418 g/mol. The molecule has 0 fully saturated rings. The summed E-state index contributed by atoms with van der Waals surface area (Å²) in [6.45, 7) is 4.64. The van der Waals surface area contributed by atoms with Crippen molar-refractivity contribution in [1.29, 1.82) is 0 Å². The van der Waals surface area contributed by atoms with E-state index in [0.29, 0.717) is 30.2 Å². The molecule has 3 aromatic rings. The van der Waals surface area contributed by atoms with Gasteiger partial charge in [-0.25, -0.2) is 9.97 Å². The molecule has 2 heterocycles. The second-order valence-electron chi connectivity index (χ2n) is 6.21. The van der Waals surface area contributed by atoms with Gasteiger partial charge in [0, 0.05) is 29.0 Å². The lowest BCUT2D eigenvalue weighted by Crippen LogP contribution is -2.23. The van der Waals surface area contributed by atoms with Crippen molar-refractivity contribution in [3.05, 3.63) is 40.5 Å². The summed E-state index contributed by atoms with van der Waals surface area (Å²) in [5.74, 6) is 1.99. The molecule has 28 heavy (non-hydrogen) atoms. The maximum absolute atomic E-state index is 12.2. The number of hydrogen-bond acceptors (Lipinski definition) is 7. The molecule has 148 valence electrons. The molecule has 1 N–H and O–H groups in total. The Morgan fingerprint density at radius 1 is 1.18 bits per heavy atom. The first-order chi connectivity index (χ1) is 13.5. The highest BCUT2D eigenvalue weighted by Crippen LogP contribution is 2.34. The van der Waals surface area contributed by atoms with Gasteiger partial charge in [-0.15, -0.1) is 23.1 Å². The van der Waals surface area contributed by atoms with E-state index in [0.717, 1.165) is 20.8 Å². The fourth-order valence-electron chi connectivity index (χ4n) is 2.78. The van der Waals surface area contributed by atoms with Gasteiger partial charge < -0.3 is 14.8 Å². The van der Waals surface area contributed by atoms with Crippen LogP contribution in [0.4, 0.5) is 0 Å². The monoisotopic (exact) mass is 417 g/mol. The lowest BCUT2D eigenvalue weighted by atomic mass is 10.2. The first kappa shape index (κ1) is 20.4. The van der Waals surface area contributed by atoms with Crippen LogP contribution in [-0.2, 0) is 11.3 Å². The zero-order chi connectivity index (χ0) is 20.1. The molecule has 1 amide bonds. The van der Waals surface area contributed by atoms with Crippen LogP contribution in [0.3, 0.4) is 0 Å². The lowest BCUT2D eigenvalue weighted by Gasteiger charge is -2.10. The van der Waals surface area contributed by atoms with Gasteiger partial charge in [0.25, 0.3) is 0 Å². The zero-order valence-corrected chi connectivity index (χ0v) is 18.0. The summed E-state index contributed by atoms with van der Waals surface area (Å²) in [5.41, 5.74) is 2.18. The van der Waals surface area contributed by atoms with Gasteiger partial charge in [-0.1, -0.05) is 6.07 Å². The van der Waals surface area contributed by atoms with Crippen molar-refractivity contribution in [2.75, 3.05) is 20.0 Å². The molecule has 0 bridgehead atoms. The number of methoxy groups -OCH3 is 2. The number of nitrogens with one attached hydrogen (secondary N) is 1. The van der Waals surface area contributed by atoms with E-state index < -0.39 is 0 Å². The van der Waals surface area contributed by atoms with Crippen LogP contribution in [-0.4, -0.2) is 35.8 Å². The summed E-state index contributed by atoms with van der Waals surface area (Å²) in [5, 5.41) is 5.00. The van der Waals surface area contributed by atoms with E-state index in [-0.39, 0.29) is 5.91 Å². The number of fused-ring (bicyclic) bond motifs is 1. The molecule has 0 spiro atoms. The predicted molar refractivity (Wildman–Crippen MR) is 114 cm³/mol. The van der Waals surface area contributed by atoms with Crippen LogP contribution in [0.5, 0.6) is 11.5 Å². The minimum Gasteiger partial charge on any atom is -0.493 e. The minimum absolute atomic E-state index is 0.00538. The van der Waals surface area contributed by atoms with E-state index >= 15 is 0 Å². The normalized spacial score (nSPS) is 10.9. The number of thiophene rings is 1. The molecular formula is C20H23N3O3S2. The van der Waals surface area contributed by atoms with Gasteiger partial charge in [0.15, 0.2) is 11.5 Å². The topological polar surface area (TPSA) is 73.3 Å².